The summed E-state index contributed by atoms with van der Waals surface area (Å²) in [6.45, 7) is 12.3. The van der Waals surface area contributed by atoms with Crippen molar-refractivity contribution in [3.8, 4) is 0 Å². The van der Waals surface area contributed by atoms with Crippen LogP contribution >= 0.6 is 7.92 Å². The number of amides is 1. The number of carbonyl (C=O) groups excluding carboxylic acids is 3. The summed E-state index contributed by atoms with van der Waals surface area (Å²) in [5.74, 6) is -0.802. The Morgan fingerprint density at radius 3 is 1.52 bits per heavy atom. The van der Waals surface area contributed by atoms with Crippen LogP contribution in [0.5, 0.6) is 0 Å². The van der Waals surface area contributed by atoms with Gasteiger partial charge in [0.1, 0.15) is 22.4 Å². The van der Waals surface area contributed by atoms with Gasteiger partial charge < -0.3 is 76.3 Å². The van der Waals surface area contributed by atoms with Gasteiger partial charge in [0.25, 0.3) is 16.0 Å². The molecular formula is C78H106N3Na3O22PS2+3. The molecule has 31 heteroatoms. The number of ketones is 1. The summed E-state index contributed by atoms with van der Waals surface area (Å²) in [6, 6.07) is 33.7. The van der Waals surface area contributed by atoms with Crippen molar-refractivity contribution in [3.63, 3.8) is 0 Å². The zero-order valence-corrected chi connectivity index (χ0v) is 73.5. The summed E-state index contributed by atoms with van der Waals surface area (Å²) in [6.07, 6.45) is 9.32. The summed E-state index contributed by atoms with van der Waals surface area (Å²) >= 11 is 0. The monoisotopic (exact) mass is 1600 g/mol. The fraction of sp³-hybridized carbons (Fsp3) is 0.513. The number of hydrogen-bond donors (Lipinski definition) is 2. The van der Waals surface area contributed by atoms with Crippen molar-refractivity contribution in [2.45, 2.75) is 85.8 Å². The first-order chi connectivity index (χ1) is 51.3. The number of unbranched alkanes of at least 4 members (excludes halogenated alkanes) is 2. The van der Waals surface area contributed by atoms with Crippen molar-refractivity contribution in [3.05, 3.63) is 161 Å². The molecule has 0 saturated heterocycles. The van der Waals surface area contributed by atoms with Crippen molar-refractivity contribution in [2.75, 3.05) is 192 Å². The predicted molar refractivity (Wildman–Crippen MR) is 403 cm³/mol. The summed E-state index contributed by atoms with van der Waals surface area (Å²) in [5, 5.41) is 5.65. The molecule has 2 aliphatic rings. The molecule has 2 N–H and O–H groups in total. The number of ether oxygens (including phenoxy) is 13. The van der Waals surface area contributed by atoms with Gasteiger partial charge in [0, 0.05) is 112 Å². The van der Waals surface area contributed by atoms with Gasteiger partial charge in [-0.3, -0.25) is 14.1 Å². The molecule has 0 fully saturated rings. The molecule has 5 aromatic carbocycles. The van der Waals surface area contributed by atoms with E-state index in [1.165, 1.54) is 31.4 Å². The van der Waals surface area contributed by atoms with Crippen LogP contribution in [0.4, 0.5) is 11.4 Å². The molecule has 0 aromatic heterocycles. The van der Waals surface area contributed by atoms with Crippen LogP contribution in [0.3, 0.4) is 0 Å². The molecule has 2 unspecified atom stereocenters. The summed E-state index contributed by atoms with van der Waals surface area (Å²) in [7, 11) is -4.69. The van der Waals surface area contributed by atoms with Gasteiger partial charge in [0.2, 0.25) is 5.69 Å². The van der Waals surface area contributed by atoms with Gasteiger partial charge in [-0.1, -0.05) is 66.7 Å². The van der Waals surface area contributed by atoms with E-state index in [0.717, 1.165) is 22.0 Å². The summed E-state index contributed by atoms with van der Waals surface area (Å²) in [5.41, 5.74) is 2.98. The van der Waals surface area contributed by atoms with E-state index in [2.05, 4.69) is 14.8 Å². The summed E-state index contributed by atoms with van der Waals surface area (Å²) in [4.78, 5) is 41.9. The number of hydrogen-bond acceptors (Lipinski definition) is 22. The second-order valence-corrected chi connectivity index (χ2v) is 30.5. The van der Waals surface area contributed by atoms with E-state index in [-0.39, 0.29) is 169 Å². The average Bonchev–Trinajstić information content (AvgIpc) is 1.58. The molecule has 582 valence electrons. The number of anilines is 1. The Morgan fingerprint density at radius 1 is 0.541 bits per heavy atom. The molecule has 0 spiro atoms. The van der Waals surface area contributed by atoms with E-state index in [0.29, 0.717) is 189 Å². The fourth-order valence-corrected chi connectivity index (χ4v) is 16.1. The molecule has 7 rings (SSSR count). The molecule has 5 aromatic rings. The number of methoxy groups -OCH3 is 4. The maximum Gasteiger partial charge on any atom is 1.00 e. The van der Waals surface area contributed by atoms with E-state index in [4.69, 9.17) is 61.6 Å². The minimum atomic E-state index is -4.91. The number of Topliss-reactive ketones (excluding diaryl/α,β-unsaturated/α-hetero) is 1. The molecule has 0 aliphatic carbocycles. The molecule has 0 radical (unpaired) electrons. The fourth-order valence-electron chi connectivity index (χ4n) is 12.6. The zero-order chi connectivity index (χ0) is 76.1. The average molecular weight is 1600 g/mol. The van der Waals surface area contributed by atoms with E-state index >= 15 is 0 Å². The third-order valence-electron chi connectivity index (χ3n) is 18.2. The van der Waals surface area contributed by atoms with E-state index in [9.17, 15) is 40.3 Å². The normalized spacial score (nSPS) is 15.8. The molecule has 25 nitrogen and oxygen atoms in total. The smallest absolute Gasteiger partial charge is 0.744 e. The van der Waals surface area contributed by atoms with E-state index in [1.807, 2.05) is 92.7 Å². The van der Waals surface area contributed by atoms with Crippen molar-refractivity contribution in [1.82, 2.24) is 5.32 Å². The Kier molecular flexibility index (Phi) is 47.4. The first-order valence-electron chi connectivity index (χ1n) is 35.9. The summed E-state index contributed by atoms with van der Waals surface area (Å²) < 4.78 is 150. The largest absolute Gasteiger partial charge is 1.00 e. The minimum Gasteiger partial charge on any atom is -0.744 e. The van der Waals surface area contributed by atoms with E-state index in [1.54, 1.807) is 51.7 Å². The Labute approximate surface area is 711 Å². The predicted octanol–water partition coefficient (Wildman–Crippen LogP) is -0.823. The van der Waals surface area contributed by atoms with Crippen LogP contribution in [-0.4, -0.2) is 241 Å². The van der Waals surface area contributed by atoms with Crippen molar-refractivity contribution >= 4 is 78.8 Å². The van der Waals surface area contributed by atoms with Crippen molar-refractivity contribution < 1.29 is 195 Å². The van der Waals surface area contributed by atoms with Crippen LogP contribution in [0.1, 0.15) is 97.1 Å². The maximum absolute atomic E-state index is 13.8. The molecule has 0 saturated carbocycles. The molecule has 2 aliphatic heterocycles. The Hall–Kier alpha value is -3.57. The second-order valence-electron chi connectivity index (χ2n) is 25.5. The molecule has 2 heterocycles. The second kappa shape index (κ2) is 52.8. The number of rotatable bonds is 55. The maximum atomic E-state index is 13.8. The van der Waals surface area contributed by atoms with Crippen molar-refractivity contribution in [1.29, 1.82) is 0 Å². The van der Waals surface area contributed by atoms with Gasteiger partial charge in [-0.25, -0.2) is 13.2 Å². The van der Waals surface area contributed by atoms with Gasteiger partial charge in [-0.05, 0) is 125 Å². The number of nitrogens with one attached hydrogen (secondary N) is 1. The molecule has 1 amide bonds. The number of fused-ring (bicyclic) bond motifs is 2. The topological polar surface area (TPSA) is 301 Å². The molecular weight excluding hydrogens is 1490 g/mol. The molecule has 2 atom stereocenters. The van der Waals surface area contributed by atoms with E-state index < -0.39 is 45.0 Å². The van der Waals surface area contributed by atoms with Crippen molar-refractivity contribution in [2.24, 2.45) is 0 Å². The third kappa shape index (κ3) is 31.2. The first-order valence-corrected chi connectivity index (χ1v) is 40.1. The van der Waals surface area contributed by atoms with Crippen LogP contribution in [-0.2, 0) is 97.4 Å². The first kappa shape index (κ1) is 97.8. The SMILES string of the molecule is COCCOCCOCCOCCN1C(=CC=CC2=[N+](CCCCCC(=O)CCCNC(=O)c3ccc(C(=O)OC)c(P(c4ccccc4)c4ccccc4)c3)c3ccc(S(=O)(=O)[O-])cc3C2(C)CCOCCOCCOCCOC)C(C)(CCOCCOCCOCCOC)c2cc(S(=O)(=O)O)ccc21.[Na+].[Na+].[Na+]. The van der Waals surface area contributed by atoms with Gasteiger partial charge in [-0.2, -0.15) is 13.0 Å². The standard InChI is InChI=1S/C78H106N3O22PS2.3Na/c1-77(32-37-95-46-49-101-55-52-98-43-40-91-3)68-59-65(105(85,86)87)27-30-70(68)80(35-15-9-10-18-62(82)19-17-34-79-75(83)61-26-29-67(76(84)94-6)72(58-61)104(63-20-11-7-12-21-63)64-22-13-8-14-23-64)73(77)24-16-25-74-78(2,33-38-96-47-50-102-56-53-99-44-41-92-4)69-60-66(106(88,89)90)28-31-71(69)81(74)36-39-97-48-51-103-57-54-100-45-42-93-5;;;/h7-8,11-14,16,20-31,58-60H,9-10,15,17-19,32-57H2,1-6H3,(H2-,79,83,85,86,87,88,89,90);;;/q;3*+1. The third-order valence-corrected chi connectivity index (χ3v) is 22.3. The van der Waals surface area contributed by atoms with Crippen LogP contribution < -0.4 is 115 Å². The number of esters is 1. The quantitative estimate of drug-likeness (QED) is 0.0120. The van der Waals surface area contributed by atoms with Crippen LogP contribution in [0.15, 0.2) is 149 Å². The van der Waals surface area contributed by atoms with Gasteiger partial charge in [-0.15, -0.1) is 0 Å². The molecule has 109 heavy (non-hydrogen) atoms. The van der Waals surface area contributed by atoms with Crippen LogP contribution in [0.25, 0.3) is 0 Å². The number of nitrogens with zero attached hydrogens (tertiary/aromatic N) is 2. The van der Waals surface area contributed by atoms with Crippen LogP contribution in [0.2, 0.25) is 0 Å². The Morgan fingerprint density at radius 2 is 1.02 bits per heavy atom. The van der Waals surface area contributed by atoms with Crippen LogP contribution in [0, 0.1) is 0 Å². The Balaban J connectivity index is 0.00000836. The number of benzene rings is 5. The van der Waals surface area contributed by atoms with Gasteiger partial charge in [0.05, 0.1) is 153 Å². The zero-order valence-electron chi connectivity index (χ0n) is 65.0. The molecule has 0 bridgehead atoms. The van der Waals surface area contributed by atoms with Gasteiger partial charge >= 0.3 is 94.6 Å². The minimum absolute atomic E-state index is 0. The number of allylic oxidation sites excluding steroid dienone is 4. The Bertz CT molecular complexity index is 3850. The number of carbonyl (C=O) groups is 3. The van der Waals surface area contributed by atoms with Gasteiger partial charge in [0.15, 0.2) is 5.71 Å².